The number of carbonyl (C=O) groups is 2. The van der Waals surface area contributed by atoms with E-state index >= 15 is 0 Å². The minimum Gasteiger partial charge on any atom is -0.488 e. The van der Waals surface area contributed by atoms with Crippen LogP contribution in [0.15, 0.2) is 48.5 Å². The van der Waals surface area contributed by atoms with Crippen LogP contribution in [-0.2, 0) is 6.42 Å². The summed E-state index contributed by atoms with van der Waals surface area (Å²) < 4.78 is 5.83. The molecule has 3 amide bonds. The van der Waals surface area contributed by atoms with Crippen LogP contribution in [0, 0.1) is 0 Å². The highest BCUT2D eigenvalue weighted by Crippen LogP contribution is 2.27. The van der Waals surface area contributed by atoms with Crippen LogP contribution >= 0.6 is 0 Å². The lowest BCUT2D eigenvalue weighted by Crippen LogP contribution is -2.35. The highest BCUT2D eigenvalue weighted by molar-refractivity contribution is 5.96. The van der Waals surface area contributed by atoms with Crippen molar-refractivity contribution in [2.45, 2.75) is 32.4 Å². The average molecular weight is 353 g/mol. The summed E-state index contributed by atoms with van der Waals surface area (Å²) in [6.45, 7) is 4.19. The molecule has 3 N–H and O–H groups in total. The van der Waals surface area contributed by atoms with Crippen LogP contribution in [0.2, 0.25) is 0 Å². The van der Waals surface area contributed by atoms with Crippen LogP contribution in [0.1, 0.15) is 29.8 Å². The van der Waals surface area contributed by atoms with E-state index in [9.17, 15) is 9.59 Å². The highest BCUT2D eigenvalue weighted by Gasteiger charge is 2.22. The Hall–Kier alpha value is -3.02. The maximum absolute atomic E-state index is 12.4. The zero-order valence-electron chi connectivity index (χ0n) is 14.9. The van der Waals surface area contributed by atoms with Crippen LogP contribution in [-0.4, -0.2) is 30.6 Å². The predicted octanol–water partition coefficient (Wildman–Crippen LogP) is 2.95. The molecule has 3 rings (SSSR count). The van der Waals surface area contributed by atoms with E-state index in [0.717, 1.165) is 17.7 Å². The summed E-state index contributed by atoms with van der Waals surface area (Å²) in [7, 11) is 0. The van der Waals surface area contributed by atoms with E-state index in [0.29, 0.717) is 17.8 Å². The number of fused-ring (bicyclic) bond motifs is 1. The number of para-hydroxylation sites is 1. The highest BCUT2D eigenvalue weighted by atomic mass is 16.5. The number of rotatable bonds is 5. The van der Waals surface area contributed by atoms with Gasteiger partial charge in [0.2, 0.25) is 0 Å². The number of urea groups is 1. The minimum absolute atomic E-state index is 0.0389. The maximum atomic E-state index is 12.4. The van der Waals surface area contributed by atoms with Crippen molar-refractivity contribution in [2.75, 3.05) is 11.9 Å². The Balaban J connectivity index is 1.54. The van der Waals surface area contributed by atoms with Gasteiger partial charge in [0.05, 0.1) is 6.54 Å². The average Bonchev–Trinajstić information content (AvgIpc) is 3.02. The fourth-order valence-corrected chi connectivity index (χ4v) is 2.84. The van der Waals surface area contributed by atoms with Gasteiger partial charge in [-0.1, -0.05) is 24.3 Å². The quantitative estimate of drug-likeness (QED) is 0.773. The SMILES string of the molecule is CC(C)NC(=O)Nc1cccc(C(=O)NCC2Cc3ccccc3O2)c1. The van der Waals surface area contributed by atoms with Crippen molar-refractivity contribution in [1.29, 1.82) is 0 Å². The first-order chi connectivity index (χ1) is 12.5. The molecule has 0 radical (unpaired) electrons. The molecule has 136 valence electrons. The van der Waals surface area contributed by atoms with Gasteiger partial charge in [-0.3, -0.25) is 4.79 Å². The molecule has 0 saturated heterocycles. The fraction of sp³-hybridized carbons (Fsp3) is 0.300. The number of carbonyl (C=O) groups excluding carboxylic acids is 2. The molecule has 2 aromatic carbocycles. The van der Waals surface area contributed by atoms with E-state index < -0.39 is 0 Å². The van der Waals surface area contributed by atoms with E-state index in [1.807, 2.05) is 38.1 Å². The molecule has 2 aromatic rings. The Kier molecular flexibility index (Phi) is 5.41. The zero-order chi connectivity index (χ0) is 18.5. The number of hydrogen-bond acceptors (Lipinski definition) is 3. The second kappa shape index (κ2) is 7.91. The molecule has 26 heavy (non-hydrogen) atoms. The molecule has 1 heterocycles. The number of ether oxygens (including phenoxy) is 1. The van der Waals surface area contributed by atoms with E-state index in [1.165, 1.54) is 0 Å². The van der Waals surface area contributed by atoms with Crippen molar-refractivity contribution in [1.82, 2.24) is 10.6 Å². The molecular weight excluding hydrogens is 330 g/mol. The van der Waals surface area contributed by atoms with Gasteiger partial charge < -0.3 is 20.7 Å². The number of anilines is 1. The lowest BCUT2D eigenvalue weighted by Gasteiger charge is -2.13. The molecule has 0 saturated carbocycles. The first kappa shape index (κ1) is 17.8. The van der Waals surface area contributed by atoms with Crippen molar-refractivity contribution in [3.05, 3.63) is 59.7 Å². The third kappa shape index (κ3) is 4.53. The van der Waals surface area contributed by atoms with Gasteiger partial charge in [-0.15, -0.1) is 0 Å². The minimum atomic E-state index is -0.297. The summed E-state index contributed by atoms with van der Waals surface area (Å²) in [5.41, 5.74) is 2.22. The standard InChI is InChI=1S/C20H23N3O3/c1-13(2)22-20(25)23-16-8-5-7-15(10-16)19(24)21-12-17-11-14-6-3-4-9-18(14)26-17/h3-10,13,17H,11-12H2,1-2H3,(H,21,24)(H2,22,23,25). The monoisotopic (exact) mass is 353 g/mol. The molecule has 1 unspecified atom stereocenters. The van der Waals surface area contributed by atoms with Gasteiger partial charge >= 0.3 is 6.03 Å². The third-order valence-corrected chi connectivity index (χ3v) is 4.01. The van der Waals surface area contributed by atoms with Crippen molar-refractivity contribution >= 4 is 17.6 Å². The molecular formula is C20H23N3O3. The van der Waals surface area contributed by atoms with Crippen molar-refractivity contribution < 1.29 is 14.3 Å². The Morgan fingerprint density at radius 1 is 1.15 bits per heavy atom. The van der Waals surface area contributed by atoms with Crippen LogP contribution < -0.4 is 20.7 Å². The molecule has 6 nitrogen and oxygen atoms in total. The molecule has 1 aliphatic heterocycles. The van der Waals surface area contributed by atoms with Crippen molar-refractivity contribution in [3.8, 4) is 5.75 Å². The second-order valence-corrected chi connectivity index (χ2v) is 6.60. The largest absolute Gasteiger partial charge is 0.488 e. The molecule has 1 aliphatic rings. The molecule has 0 bridgehead atoms. The molecule has 1 atom stereocenters. The summed E-state index contributed by atoms with van der Waals surface area (Å²) in [4.78, 5) is 24.2. The number of nitrogens with one attached hydrogen (secondary N) is 3. The second-order valence-electron chi connectivity index (χ2n) is 6.60. The van der Waals surface area contributed by atoms with Gasteiger partial charge in [-0.05, 0) is 43.7 Å². The van der Waals surface area contributed by atoms with Crippen molar-refractivity contribution in [3.63, 3.8) is 0 Å². The first-order valence-corrected chi connectivity index (χ1v) is 8.71. The topological polar surface area (TPSA) is 79.5 Å². The van der Waals surface area contributed by atoms with E-state index in [1.54, 1.807) is 24.3 Å². The lowest BCUT2D eigenvalue weighted by molar-refractivity contribution is 0.0933. The fourth-order valence-electron chi connectivity index (χ4n) is 2.84. The van der Waals surface area contributed by atoms with Gasteiger partial charge in [-0.25, -0.2) is 4.79 Å². The third-order valence-electron chi connectivity index (χ3n) is 4.01. The summed E-state index contributed by atoms with van der Waals surface area (Å²) in [5.74, 6) is 0.687. The number of amides is 3. The van der Waals surface area contributed by atoms with Gasteiger partial charge in [0, 0.05) is 23.7 Å². The van der Waals surface area contributed by atoms with E-state index in [4.69, 9.17) is 4.74 Å². The van der Waals surface area contributed by atoms with Gasteiger partial charge in [0.1, 0.15) is 11.9 Å². The Morgan fingerprint density at radius 3 is 2.73 bits per heavy atom. The Morgan fingerprint density at radius 2 is 1.96 bits per heavy atom. The van der Waals surface area contributed by atoms with E-state index in [-0.39, 0.29) is 24.1 Å². The summed E-state index contributed by atoms with van der Waals surface area (Å²) >= 11 is 0. The zero-order valence-corrected chi connectivity index (χ0v) is 14.9. The summed E-state index contributed by atoms with van der Waals surface area (Å²) in [6, 6.07) is 14.5. The normalized spacial score (nSPS) is 15.1. The first-order valence-electron chi connectivity index (χ1n) is 8.71. The molecule has 6 heteroatoms. The number of benzene rings is 2. The Bertz CT molecular complexity index is 779. The maximum Gasteiger partial charge on any atom is 0.319 e. The van der Waals surface area contributed by atoms with Crippen LogP contribution in [0.3, 0.4) is 0 Å². The molecule has 0 aromatic heterocycles. The van der Waals surface area contributed by atoms with Crippen LogP contribution in [0.4, 0.5) is 10.5 Å². The molecule has 0 fully saturated rings. The summed E-state index contributed by atoms with van der Waals surface area (Å²) in [6.07, 6.45) is 0.724. The van der Waals surface area contributed by atoms with Gasteiger partial charge in [-0.2, -0.15) is 0 Å². The number of hydrogen-bond donors (Lipinski definition) is 3. The predicted molar refractivity (Wildman–Crippen MR) is 101 cm³/mol. The lowest BCUT2D eigenvalue weighted by atomic mass is 10.1. The van der Waals surface area contributed by atoms with Crippen LogP contribution in [0.25, 0.3) is 0 Å². The van der Waals surface area contributed by atoms with Gasteiger partial charge in [0.15, 0.2) is 0 Å². The Labute approximate surface area is 152 Å². The van der Waals surface area contributed by atoms with E-state index in [2.05, 4.69) is 16.0 Å². The molecule has 0 aliphatic carbocycles. The van der Waals surface area contributed by atoms with Crippen LogP contribution in [0.5, 0.6) is 5.75 Å². The summed E-state index contributed by atoms with van der Waals surface area (Å²) in [5, 5.41) is 8.36. The molecule has 0 spiro atoms. The smallest absolute Gasteiger partial charge is 0.319 e. The van der Waals surface area contributed by atoms with Crippen molar-refractivity contribution in [2.24, 2.45) is 0 Å². The van der Waals surface area contributed by atoms with Gasteiger partial charge in [0.25, 0.3) is 5.91 Å².